The van der Waals surface area contributed by atoms with E-state index in [0.717, 1.165) is 48.1 Å². The molecule has 33 nitrogen and oxygen atoms in total. The number of carboxylic acids is 1. The molecule has 4 aliphatic heterocycles. The Balaban J connectivity index is 1.41. The molecule has 0 radical (unpaired) electrons. The highest BCUT2D eigenvalue weighted by atomic mass is 33.1. The van der Waals surface area contributed by atoms with Crippen molar-refractivity contribution in [1.82, 2.24) is 78.7 Å². The minimum Gasteiger partial charge on any atom is -0.508 e. The number of fused-ring (bicyclic) bond motifs is 6. The number of carbonyl (C=O) groups excluding carboxylic acids is 13. The number of nitrogens with zero attached hydrogens (tertiary/aromatic N) is 2. The summed E-state index contributed by atoms with van der Waals surface area (Å²) < 4.78 is 0. The lowest BCUT2D eigenvalue weighted by atomic mass is 10.0. The molecule has 1 aromatic heterocycles. The fourth-order valence-corrected chi connectivity index (χ4v) is 15.0. The monoisotopic (exact) mass is 1400 g/mol. The van der Waals surface area contributed by atoms with E-state index in [-0.39, 0.29) is 87.0 Å². The molecule has 522 valence electrons. The van der Waals surface area contributed by atoms with Gasteiger partial charge in [0.25, 0.3) is 0 Å². The highest BCUT2D eigenvalue weighted by Crippen LogP contribution is 2.27. The Hall–Kier alpha value is -7.87. The summed E-state index contributed by atoms with van der Waals surface area (Å²) in [5.74, 6) is -15.0. The van der Waals surface area contributed by atoms with Crippen molar-refractivity contribution in [2.24, 2.45) is 11.7 Å². The fraction of sp³-hybridized carbons (Fsp3) is 0.603. The smallest absolute Gasteiger partial charge is 0.327 e. The molecule has 2 bridgehead atoms. The van der Waals surface area contributed by atoms with Gasteiger partial charge in [0, 0.05) is 60.7 Å². The number of unbranched alkanes of at least 4 members (excludes halogenated alkanes) is 2. The number of phenols is 1. The van der Waals surface area contributed by atoms with Gasteiger partial charge in [-0.15, -0.1) is 0 Å². The lowest BCUT2D eigenvalue weighted by Gasteiger charge is -2.31. The average molecular weight is 1410 g/mol. The predicted molar refractivity (Wildman–Crippen MR) is 350 cm³/mol. The van der Waals surface area contributed by atoms with Gasteiger partial charge < -0.3 is 94.7 Å². The van der Waals surface area contributed by atoms with Crippen molar-refractivity contribution in [3.63, 3.8) is 0 Å². The highest BCUT2D eigenvalue weighted by molar-refractivity contribution is 8.77. The molecule has 5 heterocycles. The van der Waals surface area contributed by atoms with E-state index in [9.17, 15) is 82.4 Å². The van der Waals surface area contributed by atoms with Crippen LogP contribution in [-0.2, 0) is 80.0 Å². The molecular weight excluding hydrogens is 1320 g/mol. The Morgan fingerprint density at radius 2 is 1.32 bits per heavy atom. The number of aliphatic carboxylic acids is 1. The molecule has 1 aromatic carbocycles. The molecule has 4 aliphatic rings. The van der Waals surface area contributed by atoms with E-state index in [4.69, 9.17) is 5.73 Å². The van der Waals surface area contributed by atoms with Crippen LogP contribution >= 0.6 is 43.2 Å². The molecule has 4 saturated heterocycles. The first-order valence-electron chi connectivity index (χ1n) is 31.1. The van der Waals surface area contributed by atoms with Crippen LogP contribution in [0.5, 0.6) is 5.75 Å². The van der Waals surface area contributed by atoms with Crippen LogP contribution in [0.3, 0.4) is 0 Å². The molecule has 6 rings (SSSR count). The van der Waals surface area contributed by atoms with Gasteiger partial charge in [0.15, 0.2) is 0 Å². The van der Waals surface area contributed by atoms with Crippen LogP contribution in [-0.4, -0.2) is 235 Å². The molecule has 13 amide bonds. The number of amides is 13. The summed E-state index contributed by atoms with van der Waals surface area (Å²) in [7, 11) is 3.49. The van der Waals surface area contributed by atoms with Gasteiger partial charge >= 0.3 is 5.97 Å². The second kappa shape index (κ2) is 38.0. The van der Waals surface area contributed by atoms with Gasteiger partial charge in [-0.2, -0.15) is 0 Å². The Morgan fingerprint density at radius 1 is 0.684 bits per heavy atom. The van der Waals surface area contributed by atoms with Gasteiger partial charge in [0.2, 0.25) is 76.8 Å². The third-order valence-electron chi connectivity index (χ3n) is 15.6. The summed E-state index contributed by atoms with van der Waals surface area (Å²) in [5.41, 5.74) is 6.59. The van der Waals surface area contributed by atoms with Gasteiger partial charge in [-0.05, 0) is 68.7 Å². The van der Waals surface area contributed by atoms with Gasteiger partial charge in [-0.25, -0.2) is 9.78 Å². The number of aromatic nitrogens is 2. The Morgan fingerprint density at radius 3 is 1.95 bits per heavy atom. The number of aromatic hydroxyl groups is 1. The first-order valence-corrected chi connectivity index (χ1v) is 36.0. The zero-order valence-electron chi connectivity index (χ0n) is 52.6. The molecule has 12 atom stereocenters. The molecule has 18 N–H and O–H groups in total. The van der Waals surface area contributed by atoms with Gasteiger partial charge in [-0.3, -0.25) is 62.3 Å². The maximum absolute atomic E-state index is 15.0. The summed E-state index contributed by atoms with van der Waals surface area (Å²) in [6, 6.07) is -10.5. The Labute approximate surface area is 562 Å². The number of rotatable bonds is 19. The lowest BCUT2D eigenvalue weighted by Crippen LogP contribution is -2.61. The SMILES string of the molecule is CCCC[C@@H]1NC(=O)[C@H](CCCCN)NC(=O)[C@H](Cc2ccc(O)cc2)NC(=O)CNC(=O)[C@@H]2CSSC[C@H](NC1=O)C(=O)N[C@@H](Cc1cnc[nH]1)C(=O)N1CC[C@H](O)[C@H]1C(=O)N[C@H](C(=O)O)CSSC[C@H](NC(=O)[C@@H](NC(=O)CNC(=O)[C@@H]1CCC(=O)N1)C(C)C)C(=O)N2. The number of aliphatic hydroxyl groups excluding tert-OH is 1. The molecule has 0 aliphatic carbocycles. The minimum absolute atomic E-state index is 0.00317. The van der Waals surface area contributed by atoms with Crippen LogP contribution < -0.4 is 69.5 Å². The molecule has 0 saturated carbocycles. The van der Waals surface area contributed by atoms with Crippen molar-refractivity contribution in [2.45, 2.75) is 164 Å². The zero-order valence-corrected chi connectivity index (χ0v) is 55.8. The van der Waals surface area contributed by atoms with Crippen LogP contribution in [0.1, 0.15) is 89.8 Å². The third-order valence-corrected chi connectivity index (χ3v) is 20.5. The van der Waals surface area contributed by atoms with E-state index in [1.165, 1.54) is 36.8 Å². The van der Waals surface area contributed by atoms with Crippen LogP contribution in [0.15, 0.2) is 36.8 Å². The van der Waals surface area contributed by atoms with Gasteiger partial charge in [0.1, 0.15) is 72.2 Å². The number of carboxylic acid groups (broad SMARTS) is 1. The number of aliphatic hydroxyl groups is 1. The lowest BCUT2D eigenvalue weighted by molar-refractivity contribution is -0.146. The highest BCUT2D eigenvalue weighted by Gasteiger charge is 2.45. The number of nitrogens with one attached hydrogen (secondary N) is 13. The van der Waals surface area contributed by atoms with E-state index in [1.807, 2.05) is 6.92 Å². The van der Waals surface area contributed by atoms with Crippen molar-refractivity contribution >= 4 is 126 Å². The molecule has 37 heteroatoms. The number of imidazole rings is 1. The Kier molecular flexibility index (Phi) is 30.5. The maximum Gasteiger partial charge on any atom is 0.327 e. The Bertz CT molecular complexity index is 3060. The second-order valence-corrected chi connectivity index (χ2v) is 28.4. The molecule has 2 aromatic rings. The van der Waals surface area contributed by atoms with Crippen molar-refractivity contribution in [3.05, 3.63) is 48.0 Å². The van der Waals surface area contributed by atoms with Crippen LogP contribution in [0.4, 0.5) is 0 Å². The third kappa shape index (κ3) is 23.8. The quantitative estimate of drug-likeness (QED) is 0.0466. The van der Waals surface area contributed by atoms with Gasteiger partial charge in [0.05, 0.1) is 25.5 Å². The summed E-state index contributed by atoms with van der Waals surface area (Å²) in [5, 5.41) is 62.7. The normalized spacial score (nSPS) is 26.3. The summed E-state index contributed by atoms with van der Waals surface area (Å²) in [6.07, 6.45) is 2.49. The van der Waals surface area contributed by atoms with Gasteiger partial charge in [-0.1, -0.05) is 88.9 Å². The van der Waals surface area contributed by atoms with E-state index >= 15 is 0 Å². The number of carbonyl (C=O) groups is 14. The standard InChI is InChI=1S/C58H84N16O17S4/c1-4-5-8-33-51(83)70-39-25-93-92-24-38(49(81)62-22-44(78)65-36(19-30-10-12-32(75)13-11-30)52(84)67-34(50(82)66-33)9-6-7-17-59)69-54(86)40(71-55(87)46(29(2)3)73-45(79)23-61-48(80)35-14-15-43(77)64-35)26-94-95-27-41(58(90)91)72-56(88)47-42(76)16-18-74(47)57(89)37(68-53(39)85)20-31-21-60-28-63-31/h10-13,21,28-29,33-42,46-47,75-76H,4-9,14-20,22-27,59H2,1-3H3,(H,60,63)(H,61,80)(H,62,81)(H,64,77)(H,65,78)(H,66,82)(H,67,84)(H,68,85)(H,69,86)(H,70,83)(H,71,87)(H,72,88)(H,73,79)(H,90,91)/t33-,34-,35-,36-,37-,38-,39-,40-,41-,42-,46-,47-/m0/s1. The number of hydrogen-bond acceptors (Lipinski definition) is 22. The van der Waals surface area contributed by atoms with Crippen molar-refractivity contribution in [3.8, 4) is 5.75 Å². The molecular formula is C58H84N16O17S4. The summed E-state index contributed by atoms with van der Waals surface area (Å²) >= 11 is 0. The number of H-pyrrole nitrogens is 1. The first-order chi connectivity index (χ1) is 45.3. The van der Waals surface area contributed by atoms with E-state index in [2.05, 4.69) is 73.8 Å². The number of benzene rings is 1. The first kappa shape index (κ1) is 76.2. The number of aromatic amines is 1. The van der Waals surface area contributed by atoms with E-state index in [0.29, 0.717) is 36.9 Å². The van der Waals surface area contributed by atoms with Crippen molar-refractivity contribution in [1.29, 1.82) is 0 Å². The topological polar surface area (TPSA) is 502 Å². The zero-order chi connectivity index (χ0) is 69.3. The van der Waals surface area contributed by atoms with E-state index < -0.39 is 174 Å². The van der Waals surface area contributed by atoms with Crippen molar-refractivity contribution < 1.29 is 82.4 Å². The maximum atomic E-state index is 15.0. The molecule has 95 heavy (non-hydrogen) atoms. The van der Waals surface area contributed by atoms with E-state index in [1.54, 1.807) is 13.8 Å². The van der Waals surface area contributed by atoms with Crippen molar-refractivity contribution in [2.75, 3.05) is 49.2 Å². The predicted octanol–water partition coefficient (Wildman–Crippen LogP) is -4.41. The second-order valence-electron chi connectivity index (χ2n) is 23.3. The fourth-order valence-electron chi connectivity index (χ4n) is 10.3. The van der Waals surface area contributed by atoms with Crippen LogP contribution in [0.2, 0.25) is 0 Å². The van der Waals surface area contributed by atoms with Crippen LogP contribution in [0, 0.1) is 5.92 Å². The number of phenolic OH excluding ortho intramolecular Hbond substituents is 1. The number of nitrogens with two attached hydrogens (primary N) is 1. The number of hydrogen-bond donors (Lipinski definition) is 17. The molecule has 0 spiro atoms. The molecule has 0 unspecified atom stereocenters. The summed E-state index contributed by atoms with van der Waals surface area (Å²) in [6.45, 7) is 3.55. The largest absolute Gasteiger partial charge is 0.508 e. The molecule has 4 fully saturated rings. The van der Waals surface area contributed by atoms with Crippen LogP contribution in [0.25, 0.3) is 0 Å². The minimum atomic E-state index is -1.71. The summed E-state index contributed by atoms with van der Waals surface area (Å²) in [4.78, 5) is 204. The average Bonchev–Trinajstić information content (AvgIpc) is 1.72.